The third kappa shape index (κ3) is 4.11. The molecule has 2 rings (SSSR count). The number of benzene rings is 1. The number of hydrogen-bond donors (Lipinski definition) is 2. The standard InChI is InChI=1S/C15H23NO3/c1-11-8-13-14(19-7-6-18-13)9-12(11)4-5-16-10-15(2,3)17/h8-9,16-17H,4-7,10H2,1-3H3. The molecule has 0 saturated heterocycles. The molecule has 4 nitrogen and oxygen atoms in total. The van der Waals surface area contributed by atoms with Gasteiger partial charge >= 0.3 is 0 Å². The second kappa shape index (κ2) is 5.80. The molecule has 0 atom stereocenters. The van der Waals surface area contributed by atoms with Crippen molar-refractivity contribution >= 4 is 0 Å². The Morgan fingerprint density at radius 2 is 1.84 bits per heavy atom. The molecule has 106 valence electrons. The fraction of sp³-hybridized carbons (Fsp3) is 0.600. The van der Waals surface area contributed by atoms with Crippen molar-refractivity contribution in [3.8, 4) is 11.5 Å². The van der Waals surface area contributed by atoms with Crippen LogP contribution in [0.3, 0.4) is 0 Å². The van der Waals surface area contributed by atoms with E-state index in [0.29, 0.717) is 19.8 Å². The number of ether oxygens (including phenoxy) is 2. The van der Waals surface area contributed by atoms with Crippen LogP contribution < -0.4 is 14.8 Å². The molecule has 0 spiro atoms. The zero-order valence-corrected chi connectivity index (χ0v) is 12.0. The van der Waals surface area contributed by atoms with Crippen LogP contribution in [0.15, 0.2) is 12.1 Å². The lowest BCUT2D eigenvalue weighted by atomic mass is 10.0. The Hall–Kier alpha value is -1.26. The van der Waals surface area contributed by atoms with Crippen LogP contribution >= 0.6 is 0 Å². The van der Waals surface area contributed by atoms with Gasteiger partial charge < -0.3 is 19.9 Å². The summed E-state index contributed by atoms with van der Waals surface area (Å²) in [4.78, 5) is 0. The second-order valence-corrected chi connectivity index (χ2v) is 5.66. The fourth-order valence-corrected chi connectivity index (χ4v) is 2.12. The maximum Gasteiger partial charge on any atom is 0.161 e. The van der Waals surface area contributed by atoms with E-state index in [0.717, 1.165) is 24.5 Å². The highest BCUT2D eigenvalue weighted by Crippen LogP contribution is 2.33. The van der Waals surface area contributed by atoms with E-state index < -0.39 is 5.60 Å². The average Bonchev–Trinajstić information content (AvgIpc) is 2.33. The van der Waals surface area contributed by atoms with Gasteiger partial charge in [-0.05, 0) is 57.0 Å². The first-order valence-electron chi connectivity index (χ1n) is 6.78. The summed E-state index contributed by atoms with van der Waals surface area (Å²) < 4.78 is 11.2. The summed E-state index contributed by atoms with van der Waals surface area (Å²) >= 11 is 0. The van der Waals surface area contributed by atoms with Crippen molar-refractivity contribution < 1.29 is 14.6 Å². The van der Waals surface area contributed by atoms with Crippen molar-refractivity contribution in [3.05, 3.63) is 23.3 Å². The Balaban J connectivity index is 1.93. The van der Waals surface area contributed by atoms with Crippen LogP contribution in [0.2, 0.25) is 0 Å². The number of nitrogens with one attached hydrogen (secondary N) is 1. The largest absolute Gasteiger partial charge is 0.486 e. The first-order valence-corrected chi connectivity index (χ1v) is 6.78. The Kier molecular flexibility index (Phi) is 4.32. The van der Waals surface area contributed by atoms with E-state index in [1.165, 1.54) is 11.1 Å². The van der Waals surface area contributed by atoms with Crippen LogP contribution in [0.4, 0.5) is 0 Å². The maximum absolute atomic E-state index is 9.63. The van der Waals surface area contributed by atoms with E-state index in [4.69, 9.17) is 9.47 Å². The highest BCUT2D eigenvalue weighted by atomic mass is 16.6. The van der Waals surface area contributed by atoms with Gasteiger partial charge in [0.25, 0.3) is 0 Å². The average molecular weight is 265 g/mol. The van der Waals surface area contributed by atoms with E-state index in [-0.39, 0.29) is 0 Å². The van der Waals surface area contributed by atoms with Crippen LogP contribution in [0, 0.1) is 6.92 Å². The summed E-state index contributed by atoms with van der Waals surface area (Å²) in [5, 5.41) is 12.9. The predicted octanol–water partition coefficient (Wildman–Crippen LogP) is 1.67. The number of aryl methyl sites for hydroxylation is 1. The lowest BCUT2D eigenvalue weighted by Crippen LogP contribution is -2.35. The molecular formula is C15H23NO3. The molecule has 0 radical (unpaired) electrons. The van der Waals surface area contributed by atoms with Crippen molar-refractivity contribution in [2.24, 2.45) is 0 Å². The van der Waals surface area contributed by atoms with Crippen LogP contribution in [-0.2, 0) is 6.42 Å². The quantitative estimate of drug-likeness (QED) is 0.795. The molecule has 19 heavy (non-hydrogen) atoms. The number of fused-ring (bicyclic) bond motifs is 1. The fourth-order valence-electron chi connectivity index (χ4n) is 2.12. The molecule has 1 aliphatic rings. The molecule has 1 aromatic rings. The Morgan fingerprint density at radius 1 is 1.21 bits per heavy atom. The summed E-state index contributed by atoms with van der Waals surface area (Å²) in [7, 11) is 0. The molecule has 0 bridgehead atoms. The summed E-state index contributed by atoms with van der Waals surface area (Å²) in [6.07, 6.45) is 0.915. The van der Waals surface area contributed by atoms with Gasteiger partial charge in [-0.15, -0.1) is 0 Å². The Bertz CT molecular complexity index is 438. The van der Waals surface area contributed by atoms with Crippen molar-refractivity contribution in [2.45, 2.75) is 32.8 Å². The number of hydrogen-bond acceptors (Lipinski definition) is 4. The van der Waals surface area contributed by atoms with Crippen LogP contribution in [0.25, 0.3) is 0 Å². The van der Waals surface area contributed by atoms with Crippen molar-refractivity contribution in [1.29, 1.82) is 0 Å². The lowest BCUT2D eigenvalue weighted by Gasteiger charge is -2.21. The molecule has 0 unspecified atom stereocenters. The normalized spacial score (nSPS) is 14.5. The molecule has 0 amide bonds. The second-order valence-electron chi connectivity index (χ2n) is 5.66. The highest BCUT2D eigenvalue weighted by molar-refractivity contribution is 5.47. The molecule has 1 aliphatic heterocycles. The van der Waals surface area contributed by atoms with Gasteiger partial charge in [-0.1, -0.05) is 0 Å². The molecule has 0 saturated carbocycles. The summed E-state index contributed by atoms with van der Waals surface area (Å²) in [6.45, 7) is 8.36. The minimum Gasteiger partial charge on any atom is -0.486 e. The smallest absolute Gasteiger partial charge is 0.161 e. The first-order chi connectivity index (χ1) is 8.96. The van der Waals surface area contributed by atoms with Gasteiger partial charge in [-0.3, -0.25) is 0 Å². The highest BCUT2D eigenvalue weighted by Gasteiger charge is 2.14. The molecule has 1 heterocycles. The minimum absolute atomic E-state index is 0.594. The zero-order valence-electron chi connectivity index (χ0n) is 12.0. The molecule has 0 fully saturated rings. The van der Waals surface area contributed by atoms with Gasteiger partial charge in [0.15, 0.2) is 11.5 Å². The van der Waals surface area contributed by atoms with Crippen LogP contribution in [-0.4, -0.2) is 37.0 Å². The van der Waals surface area contributed by atoms with Gasteiger partial charge in [0.05, 0.1) is 5.60 Å². The lowest BCUT2D eigenvalue weighted by molar-refractivity contribution is 0.0801. The minimum atomic E-state index is -0.665. The van der Waals surface area contributed by atoms with Gasteiger partial charge in [-0.25, -0.2) is 0 Å². The van der Waals surface area contributed by atoms with Gasteiger partial charge in [0.2, 0.25) is 0 Å². The summed E-state index contributed by atoms with van der Waals surface area (Å²) in [5.41, 5.74) is 1.81. The Morgan fingerprint density at radius 3 is 2.47 bits per heavy atom. The summed E-state index contributed by atoms with van der Waals surface area (Å²) in [5.74, 6) is 1.69. The van der Waals surface area contributed by atoms with E-state index in [1.54, 1.807) is 13.8 Å². The van der Waals surface area contributed by atoms with Gasteiger partial charge in [0, 0.05) is 6.54 Å². The third-order valence-electron chi connectivity index (χ3n) is 3.13. The monoisotopic (exact) mass is 265 g/mol. The predicted molar refractivity (Wildman–Crippen MR) is 75.0 cm³/mol. The number of rotatable bonds is 5. The van der Waals surface area contributed by atoms with Gasteiger partial charge in [-0.2, -0.15) is 0 Å². The third-order valence-corrected chi connectivity index (χ3v) is 3.13. The molecule has 1 aromatic carbocycles. The zero-order chi connectivity index (χ0) is 13.9. The Labute approximate surface area is 114 Å². The topological polar surface area (TPSA) is 50.7 Å². The van der Waals surface area contributed by atoms with Crippen molar-refractivity contribution in [2.75, 3.05) is 26.3 Å². The summed E-state index contributed by atoms with van der Waals surface area (Å²) in [6, 6.07) is 4.11. The van der Waals surface area contributed by atoms with Crippen molar-refractivity contribution in [1.82, 2.24) is 5.32 Å². The molecule has 2 N–H and O–H groups in total. The molecule has 0 aliphatic carbocycles. The molecule has 0 aromatic heterocycles. The maximum atomic E-state index is 9.63. The number of aliphatic hydroxyl groups is 1. The van der Waals surface area contributed by atoms with E-state index in [9.17, 15) is 5.11 Å². The van der Waals surface area contributed by atoms with E-state index in [2.05, 4.69) is 18.3 Å². The van der Waals surface area contributed by atoms with Crippen LogP contribution in [0.5, 0.6) is 11.5 Å². The van der Waals surface area contributed by atoms with E-state index in [1.807, 2.05) is 6.07 Å². The first kappa shape index (κ1) is 14.2. The molecule has 4 heteroatoms. The molecular weight excluding hydrogens is 242 g/mol. The van der Waals surface area contributed by atoms with E-state index >= 15 is 0 Å². The SMILES string of the molecule is Cc1cc2c(cc1CCNCC(C)(C)O)OCCO2. The van der Waals surface area contributed by atoms with Crippen molar-refractivity contribution in [3.63, 3.8) is 0 Å². The van der Waals surface area contributed by atoms with Gasteiger partial charge in [0.1, 0.15) is 13.2 Å². The van der Waals surface area contributed by atoms with Crippen LogP contribution in [0.1, 0.15) is 25.0 Å².